The number of aromatic nitrogens is 1. The smallest absolute Gasteiger partial charge is 0.407 e. The van der Waals surface area contributed by atoms with Crippen LogP contribution in [0.5, 0.6) is 5.75 Å². The Balaban J connectivity index is 1.31. The molecule has 12 heteroatoms. The number of nitrogens with one attached hydrogen (secondary N) is 2. The van der Waals surface area contributed by atoms with Crippen LogP contribution in [0.3, 0.4) is 0 Å². The molecule has 1 aliphatic carbocycles. The van der Waals surface area contributed by atoms with Gasteiger partial charge in [0.15, 0.2) is 18.2 Å². The van der Waals surface area contributed by atoms with E-state index in [1.165, 1.54) is 4.90 Å². The lowest BCUT2D eigenvalue weighted by Gasteiger charge is -2.38. The fraction of sp³-hybridized carbons (Fsp3) is 0.692. The van der Waals surface area contributed by atoms with E-state index in [-0.39, 0.29) is 43.3 Å². The van der Waals surface area contributed by atoms with Gasteiger partial charge in [0.05, 0.1) is 0 Å². The minimum atomic E-state index is -1.25. The number of hydrogen-bond donors (Lipinski definition) is 2. The number of amides is 3. The van der Waals surface area contributed by atoms with Crippen LogP contribution in [-0.4, -0.2) is 81.2 Å². The van der Waals surface area contributed by atoms with Gasteiger partial charge in [-0.25, -0.2) is 9.78 Å². The first kappa shape index (κ1) is 28.3. The van der Waals surface area contributed by atoms with E-state index < -0.39 is 19.8 Å². The maximum Gasteiger partial charge on any atom is 0.407 e. The maximum absolute atomic E-state index is 12.9. The average Bonchev–Trinajstić information content (AvgIpc) is 3.14. The lowest BCUT2D eigenvalue weighted by Crippen LogP contribution is -2.55. The monoisotopic (exact) mass is 547 g/mol. The molecular weight excluding hydrogens is 506 g/mol. The van der Waals surface area contributed by atoms with Gasteiger partial charge in [-0.2, -0.15) is 0 Å². The molecule has 4 rings (SSSR count). The fourth-order valence-corrected chi connectivity index (χ4v) is 5.36. The van der Waals surface area contributed by atoms with Crippen molar-refractivity contribution < 1.29 is 28.6 Å². The lowest BCUT2D eigenvalue weighted by molar-refractivity contribution is -0.122. The van der Waals surface area contributed by atoms with Crippen LogP contribution in [0.2, 0.25) is 25.7 Å². The van der Waals surface area contributed by atoms with Crippen molar-refractivity contribution in [1.82, 2.24) is 15.6 Å². The van der Waals surface area contributed by atoms with Gasteiger partial charge in [0.2, 0.25) is 5.91 Å². The minimum Gasteiger partial charge on any atom is -0.480 e. The molecule has 3 aliphatic rings. The van der Waals surface area contributed by atoms with Crippen molar-refractivity contribution >= 4 is 37.6 Å². The van der Waals surface area contributed by atoms with Crippen LogP contribution in [0.1, 0.15) is 40.0 Å². The number of hydrogen-bond acceptors (Lipinski definition) is 8. The van der Waals surface area contributed by atoms with Crippen molar-refractivity contribution in [2.75, 3.05) is 36.3 Å². The summed E-state index contributed by atoms with van der Waals surface area (Å²) in [4.78, 5) is 45.2. The van der Waals surface area contributed by atoms with Crippen molar-refractivity contribution in [1.29, 1.82) is 0 Å². The standard InChI is InChI=1S/C26H41N5O6Si/c1-26(2,3)37-25(34)28-18-11-17(12-18)27-19-13-22(32)30(14-19)21-8-7-20-24(29-21)31(23(33)15-36-20)16-35-9-10-38(4,5)6/h7-8,17-19,27H,9-16H2,1-6H3,(H,28,34)/t17?,18?,19-/m1/s1. The molecule has 0 unspecified atom stereocenters. The zero-order chi connectivity index (χ0) is 27.7. The van der Waals surface area contributed by atoms with E-state index in [0.717, 1.165) is 18.9 Å². The third-order valence-electron chi connectivity index (χ3n) is 6.68. The summed E-state index contributed by atoms with van der Waals surface area (Å²) >= 11 is 0. The molecule has 2 fully saturated rings. The highest BCUT2D eigenvalue weighted by Gasteiger charge is 2.38. The van der Waals surface area contributed by atoms with Crippen LogP contribution in [0.15, 0.2) is 12.1 Å². The Morgan fingerprint density at radius 2 is 1.87 bits per heavy atom. The minimum absolute atomic E-state index is 0.0216. The molecule has 1 saturated carbocycles. The summed E-state index contributed by atoms with van der Waals surface area (Å²) in [5.74, 6) is 1.12. The normalized spacial score (nSPS) is 23.6. The molecule has 1 aromatic rings. The number of ether oxygens (including phenoxy) is 3. The molecular formula is C26H41N5O6Si. The van der Waals surface area contributed by atoms with Crippen LogP contribution in [-0.2, 0) is 19.1 Å². The third-order valence-corrected chi connectivity index (χ3v) is 8.39. The molecule has 11 nitrogen and oxygen atoms in total. The Morgan fingerprint density at radius 3 is 2.55 bits per heavy atom. The Kier molecular flexibility index (Phi) is 8.34. The molecule has 2 aliphatic heterocycles. The van der Waals surface area contributed by atoms with Crippen LogP contribution >= 0.6 is 0 Å². The molecule has 0 spiro atoms. The molecule has 210 valence electrons. The summed E-state index contributed by atoms with van der Waals surface area (Å²) in [6.45, 7) is 13.4. The van der Waals surface area contributed by atoms with Crippen molar-refractivity contribution in [3.8, 4) is 5.75 Å². The highest BCUT2D eigenvalue weighted by atomic mass is 28.3. The molecule has 1 aromatic heterocycles. The number of nitrogens with zero attached hydrogens (tertiary/aromatic N) is 3. The number of pyridine rings is 1. The van der Waals surface area contributed by atoms with Gasteiger partial charge in [-0.05, 0) is 51.8 Å². The highest BCUT2D eigenvalue weighted by molar-refractivity contribution is 6.76. The van der Waals surface area contributed by atoms with Gasteiger partial charge in [0.1, 0.15) is 18.1 Å². The third kappa shape index (κ3) is 7.45. The topological polar surface area (TPSA) is 122 Å². The maximum atomic E-state index is 12.9. The van der Waals surface area contributed by atoms with E-state index in [2.05, 4.69) is 35.3 Å². The molecule has 38 heavy (non-hydrogen) atoms. The number of fused-ring (bicyclic) bond motifs is 1. The first-order chi connectivity index (χ1) is 17.8. The van der Waals surface area contributed by atoms with Crippen molar-refractivity contribution in [2.24, 2.45) is 0 Å². The first-order valence-electron chi connectivity index (χ1n) is 13.4. The van der Waals surface area contributed by atoms with Crippen molar-refractivity contribution in [3.05, 3.63) is 12.1 Å². The SMILES string of the molecule is CC(C)(C)OC(=O)NC1CC(N[C@@H]2CC(=O)N(c3ccc4c(n3)N(COCC[Si](C)(C)C)C(=O)CO4)C2)C1. The summed E-state index contributed by atoms with van der Waals surface area (Å²) in [6.07, 6.45) is 1.53. The van der Waals surface area contributed by atoms with Crippen LogP contribution in [0.25, 0.3) is 0 Å². The van der Waals surface area contributed by atoms with Gasteiger partial charge in [0.25, 0.3) is 5.91 Å². The van der Waals surface area contributed by atoms with E-state index in [4.69, 9.17) is 14.2 Å². The van der Waals surface area contributed by atoms with Gasteiger partial charge >= 0.3 is 6.09 Å². The van der Waals surface area contributed by atoms with E-state index in [1.807, 2.05) is 20.8 Å². The summed E-state index contributed by atoms with van der Waals surface area (Å²) < 4.78 is 16.7. The van der Waals surface area contributed by atoms with E-state index in [1.54, 1.807) is 17.0 Å². The predicted octanol–water partition coefficient (Wildman–Crippen LogP) is 2.87. The van der Waals surface area contributed by atoms with Gasteiger partial charge in [0, 0.05) is 45.8 Å². The second-order valence-corrected chi connectivity index (χ2v) is 18.2. The molecule has 0 radical (unpaired) electrons. The van der Waals surface area contributed by atoms with Crippen LogP contribution in [0.4, 0.5) is 16.4 Å². The molecule has 1 atom stereocenters. The van der Waals surface area contributed by atoms with Gasteiger partial charge in [-0.15, -0.1) is 0 Å². The first-order valence-corrected chi connectivity index (χ1v) is 17.1. The van der Waals surface area contributed by atoms with E-state index in [0.29, 0.717) is 37.0 Å². The molecule has 1 saturated heterocycles. The Morgan fingerprint density at radius 1 is 1.13 bits per heavy atom. The highest BCUT2D eigenvalue weighted by Crippen LogP contribution is 2.34. The van der Waals surface area contributed by atoms with Crippen LogP contribution in [0, 0.1) is 0 Å². The number of carbonyl (C=O) groups is 3. The number of anilines is 2. The zero-order valence-electron chi connectivity index (χ0n) is 23.3. The number of carbonyl (C=O) groups excluding carboxylic acids is 3. The van der Waals surface area contributed by atoms with E-state index >= 15 is 0 Å². The molecule has 3 heterocycles. The number of alkyl carbamates (subject to hydrolysis) is 1. The summed E-state index contributed by atoms with van der Waals surface area (Å²) in [5, 5.41) is 6.43. The van der Waals surface area contributed by atoms with Gasteiger partial charge in [-0.1, -0.05) is 19.6 Å². The molecule has 0 bridgehead atoms. The quantitative estimate of drug-likeness (QED) is 0.358. The fourth-order valence-electron chi connectivity index (χ4n) is 4.60. The van der Waals surface area contributed by atoms with Gasteiger partial charge < -0.3 is 24.8 Å². The van der Waals surface area contributed by atoms with Crippen molar-refractivity contribution in [2.45, 2.75) is 89.4 Å². The molecule has 0 aromatic carbocycles. The Bertz CT molecular complexity index is 1050. The summed E-state index contributed by atoms with van der Waals surface area (Å²) in [7, 11) is -1.25. The average molecular weight is 548 g/mol. The van der Waals surface area contributed by atoms with E-state index in [9.17, 15) is 14.4 Å². The van der Waals surface area contributed by atoms with Crippen molar-refractivity contribution in [3.63, 3.8) is 0 Å². The molecule has 3 amide bonds. The second kappa shape index (κ2) is 11.2. The van der Waals surface area contributed by atoms with Gasteiger partial charge in [-0.3, -0.25) is 19.4 Å². The Labute approximate surface area is 225 Å². The largest absolute Gasteiger partial charge is 0.480 e. The summed E-state index contributed by atoms with van der Waals surface area (Å²) in [5.41, 5.74) is -0.527. The predicted molar refractivity (Wildman–Crippen MR) is 146 cm³/mol. The molecule has 2 N–H and O–H groups in total. The number of rotatable bonds is 9. The lowest BCUT2D eigenvalue weighted by atomic mass is 9.86. The van der Waals surface area contributed by atoms with Crippen LogP contribution < -0.4 is 25.2 Å². The zero-order valence-corrected chi connectivity index (χ0v) is 24.3. The second-order valence-electron chi connectivity index (χ2n) is 12.5. The summed E-state index contributed by atoms with van der Waals surface area (Å²) in [6, 6.07) is 4.77. The Hall–Kier alpha value is -2.70.